The third kappa shape index (κ3) is 2.26. The fourth-order valence-electron chi connectivity index (χ4n) is 1.12. The second kappa shape index (κ2) is 3.88. The van der Waals surface area contributed by atoms with Crippen LogP contribution >= 0.6 is 0 Å². The van der Waals surface area contributed by atoms with E-state index >= 15 is 0 Å². The standard InChI is InChI=1S/C8H9F3N4/c1-5-7(3-4-12)13-14-15(5)6(2)8(9,10)11/h6H,3H2,1-2H3. The molecule has 0 bridgehead atoms. The molecule has 15 heavy (non-hydrogen) atoms. The maximum atomic E-state index is 12.4. The van der Waals surface area contributed by atoms with Gasteiger partial charge in [0.2, 0.25) is 0 Å². The summed E-state index contributed by atoms with van der Waals surface area (Å²) in [5, 5.41) is 15.3. The molecule has 0 radical (unpaired) electrons. The van der Waals surface area contributed by atoms with Crippen LogP contribution in [0.3, 0.4) is 0 Å². The van der Waals surface area contributed by atoms with E-state index in [1.165, 1.54) is 6.92 Å². The van der Waals surface area contributed by atoms with Crippen molar-refractivity contribution in [2.45, 2.75) is 32.5 Å². The number of halogens is 3. The first-order chi connectivity index (χ1) is 6.88. The number of nitriles is 1. The number of aromatic nitrogens is 3. The minimum absolute atomic E-state index is 0.0313. The molecule has 1 rings (SSSR count). The Morgan fingerprint density at radius 2 is 2.13 bits per heavy atom. The number of hydrogen-bond donors (Lipinski definition) is 0. The van der Waals surface area contributed by atoms with E-state index in [2.05, 4.69) is 10.3 Å². The molecule has 0 saturated heterocycles. The van der Waals surface area contributed by atoms with Gasteiger partial charge in [-0.05, 0) is 13.8 Å². The molecule has 82 valence electrons. The van der Waals surface area contributed by atoms with Gasteiger partial charge in [-0.2, -0.15) is 18.4 Å². The molecule has 0 amide bonds. The summed E-state index contributed by atoms with van der Waals surface area (Å²) in [6.07, 6.45) is -4.39. The smallest absolute Gasteiger partial charge is 0.237 e. The van der Waals surface area contributed by atoms with Gasteiger partial charge in [0.25, 0.3) is 0 Å². The molecule has 0 saturated carbocycles. The van der Waals surface area contributed by atoms with Crippen molar-refractivity contribution in [1.29, 1.82) is 5.26 Å². The highest BCUT2D eigenvalue weighted by molar-refractivity contribution is 5.12. The third-order valence-electron chi connectivity index (χ3n) is 2.11. The van der Waals surface area contributed by atoms with Gasteiger partial charge in [-0.1, -0.05) is 5.21 Å². The lowest BCUT2D eigenvalue weighted by Gasteiger charge is -2.16. The first-order valence-electron chi connectivity index (χ1n) is 4.22. The Kier molecular flexibility index (Phi) is 2.98. The average molecular weight is 218 g/mol. The maximum absolute atomic E-state index is 12.4. The van der Waals surface area contributed by atoms with Gasteiger partial charge in [0.15, 0.2) is 0 Å². The van der Waals surface area contributed by atoms with Crippen LogP contribution in [0.5, 0.6) is 0 Å². The van der Waals surface area contributed by atoms with Crippen molar-refractivity contribution in [2.75, 3.05) is 0 Å². The van der Waals surface area contributed by atoms with Crippen molar-refractivity contribution >= 4 is 0 Å². The Hall–Kier alpha value is -1.58. The first-order valence-corrected chi connectivity index (χ1v) is 4.22. The second-order valence-corrected chi connectivity index (χ2v) is 3.12. The van der Waals surface area contributed by atoms with Crippen LogP contribution in [0.4, 0.5) is 13.2 Å². The van der Waals surface area contributed by atoms with Crippen LogP contribution in [0.1, 0.15) is 24.4 Å². The Morgan fingerprint density at radius 1 is 1.53 bits per heavy atom. The predicted molar refractivity (Wildman–Crippen MR) is 44.8 cm³/mol. The van der Waals surface area contributed by atoms with Crippen molar-refractivity contribution in [1.82, 2.24) is 15.0 Å². The number of nitrogens with zero attached hydrogens (tertiary/aromatic N) is 4. The Morgan fingerprint density at radius 3 is 2.60 bits per heavy atom. The summed E-state index contributed by atoms with van der Waals surface area (Å²) in [6.45, 7) is 2.47. The lowest BCUT2D eigenvalue weighted by molar-refractivity contribution is -0.166. The molecule has 1 aromatic rings. The van der Waals surface area contributed by atoms with Crippen LogP contribution in [0.2, 0.25) is 0 Å². The molecule has 0 aliphatic heterocycles. The van der Waals surface area contributed by atoms with Crippen molar-refractivity contribution in [3.63, 3.8) is 0 Å². The topological polar surface area (TPSA) is 54.5 Å². The van der Waals surface area contributed by atoms with Gasteiger partial charge < -0.3 is 0 Å². The minimum atomic E-state index is -4.36. The summed E-state index contributed by atoms with van der Waals surface area (Å²) >= 11 is 0. The summed E-state index contributed by atoms with van der Waals surface area (Å²) in [5.41, 5.74) is 0.565. The zero-order valence-corrected chi connectivity index (χ0v) is 8.21. The summed E-state index contributed by atoms with van der Waals surface area (Å²) in [4.78, 5) is 0. The van der Waals surface area contributed by atoms with Gasteiger partial charge in [-0.3, -0.25) is 0 Å². The highest BCUT2D eigenvalue weighted by Gasteiger charge is 2.39. The molecule has 0 spiro atoms. The number of rotatable bonds is 2. The monoisotopic (exact) mass is 218 g/mol. The van der Waals surface area contributed by atoms with E-state index in [0.29, 0.717) is 0 Å². The van der Waals surface area contributed by atoms with E-state index in [1.807, 2.05) is 6.07 Å². The quantitative estimate of drug-likeness (QED) is 0.760. The molecule has 7 heteroatoms. The summed E-state index contributed by atoms with van der Waals surface area (Å²) < 4.78 is 37.9. The summed E-state index contributed by atoms with van der Waals surface area (Å²) in [6, 6.07) is 0.0941. The molecule has 1 aromatic heterocycles. The highest BCUT2D eigenvalue weighted by atomic mass is 19.4. The summed E-state index contributed by atoms with van der Waals surface area (Å²) in [7, 11) is 0. The van der Waals surface area contributed by atoms with Crippen LogP contribution in [-0.4, -0.2) is 21.2 Å². The zero-order valence-electron chi connectivity index (χ0n) is 8.21. The van der Waals surface area contributed by atoms with Gasteiger partial charge in [0.05, 0.1) is 23.9 Å². The van der Waals surface area contributed by atoms with Gasteiger partial charge in [0, 0.05) is 0 Å². The van der Waals surface area contributed by atoms with Crippen LogP contribution < -0.4 is 0 Å². The molecule has 4 nitrogen and oxygen atoms in total. The molecule has 1 unspecified atom stereocenters. The zero-order chi connectivity index (χ0) is 11.6. The highest BCUT2D eigenvalue weighted by Crippen LogP contribution is 2.30. The molecular formula is C8H9F3N4. The van der Waals surface area contributed by atoms with E-state index < -0.39 is 12.2 Å². The minimum Gasteiger partial charge on any atom is -0.237 e. The van der Waals surface area contributed by atoms with Gasteiger partial charge in [-0.15, -0.1) is 5.10 Å². The summed E-state index contributed by atoms with van der Waals surface area (Å²) in [5.74, 6) is 0. The normalized spacial score (nSPS) is 13.6. The van der Waals surface area contributed by atoms with Crippen LogP contribution in [0, 0.1) is 18.3 Å². The average Bonchev–Trinajstić information content (AvgIpc) is 2.46. The van der Waals surface area contributed by atoms with E-state index in [1.54, 1.807) is 0 Å². The lowest BCUT2D eigenvalue weighted by atomic mass is 10.2. The molecule has 0 fully saturated rings. The maximum Gasteiger partial charge on any atom is 0.410 e. The van der Waals surface area contributed by atoms with Crippen LogP contribution in [0.25, 0.3) is 0 Å². The van der Waals surface area contributed by atoms with Crippen molar-refractivity contribution in [3.05, 3.63) is 11.4 Å². The molecule has 0 aliphatic rings. The van der Waals surface area contributed by atoms with Crippen LogP contribution in [-0.2, 0) is 6.42 Å². The molecule has 1 heterocycles. The Bertz CT molecular complexity index is 388. The van der Waals surface area contributed by atoms with E-state index in [4.69, 9.17) is 5.26 Å². The predicted octanol–water partition coefficient (Wildman–Crippen LogP) is 1.78. The Labute approximate surface area is 84.3 Å². The molecular weight excluding hydrogens is 209 g/mol. The first kappa shape index (κ1) is 11.5. The lowest BCUT2D eigenvalue weighted by Crippen LogP contribution is -2.25. The van der Waals surface area contributed by atoms with E-state index in [9.17, 15) is 13.2 Å². The molecule has 1 atom stereocenters. The largest absolute Gasteiger partial charge is 0.410 e. The molecule has 0 aromatic carbocycles. The molecule has 0 N–H and O–H groups in total. The van der Waals surface area contributed by atoms with Crippen LogP contribution in [0.15, 0.2) is 0 Å². The van der Waals surface area contributed by atoms with Crippen molar-refractivity contribution in [3.8, 4) is 6.07 Å². The SMILES string of the molecule is Cc1c(CC#N)nnn1C(C)C(F)(F)F. The van der Waals surface area contributed by atoms with E-state index in [-0.39, 0.29) is 17.8 Å². The number of alkyl halides is 3. The number of hydrogen-bond acceptors (Lipinski definition) is 3. The third-order valence-corrected chi connectivity index (χ3v) is 2.11. The Balaban J connectivity index is 3.02. The fourth-order valence-corrected chi connectivity index (χ4v) is 1.12. The van der Waals surface area contributed by atoms with E-state index in [0.717, 1.165) is 11.6 Å². The van der Waals surface area contributed by atoms with Gasteiger partial charge in [-0.25, -0.2) is 4.68 Å². The van der Waals surface area contributed by atoms with Gasteiger partial charge >= 0.3 is 6.18 Å². The van der Waals surface area contributed by atoms with Crippen molar-refractivity contribution in [2.24, 2.45) is 0 Å². The molecule has 0 aliphatic carbocycles. The second-order valence-electron chi connectivity index (χ2n) is 3.12. The van der Waals surface area contributed by atoms with Crippen molar-refractivity contribution < 1.29 is 13.2 Å². The van der Waals surface area contributed by atoms with Gasteiger partial charge in [0.1, 0.15) is 6.04 Å². The fraction of sp³-hybridized carbons (Fsp3) is 0.625.